The van der Waals surface area contributed by atoms with Crippen molar-refractivity contribution < 1.29 is 18.8 Å². The van der Waals surface area contributed by atoms with Crippen LogP contribution in [-0.2, 0) is 4.79 Å². The van der Waals surface area contributed by atoms with Gasteiger partial charge in [-0.1, -0.05) is 37.8 Å². The molecule has 3 aliphatic carbocycles. The Morgan fingerprint density at radius 1 is 1.00 bits per heavy atom. The quantitative estimate of drug-likeness (QED) is 0.730. The van der Waals surface area contributed by atoms with Crippen LogP contribution in [0.2, 0.25) is 0 Å². The van der Waals surface area contributed by atoms with Crippen LogP contribution in [0.4, 0.5) is 4.39 Å². The predicted octanol–water partition coefficient (Wildman–Crippen LogP) is 4.78. The van der Waals surface area contributed by atoms with E-state index in [0.717, 1.165) is 25.2 Å². The number of Topliss-reactive ketones (excluding diaryl/α,β-unsaturated/α-hetero) is 3. The molecule has 2 saturated carbocycles. The summed E-state index contributed by atoms with van der Waals surface area (Å²) < 4.78 is 13.9. The summed E-state index contributed by atoms with van der Waals surface area (Å²) in [5.74, 6) is -0.545. The second-order valence-electron chi connectivity index (χ2n) is 8.26. The van der Waals surface area contributed by atoms with Crippen molar-refractivity contribution in [3.8, 4) is 0 Å². The van der Waals surface area contributed by atoms with E-state index in [1.807, 2.05) is 0 Å². The Balaban J connectivity index is 1.37. The predicted molar refractivity (Wildman–Crippen MR) is 95.6 cm³/mol. The van der Waals surface area contributed by atoms with E-state index >= 15 is 0 Å². The van der Waals surface area contributed by atoms with Gasteiger partial charge in [0.25, 0.3) is 0 Å². The molecule has 0 saturated heterocycles. The highest BCUT2D eigenvalue weighted by molar-refractivity contribution is 6.26. The zero-order chi connectivity index (χ0) is 18.3. The third-order valence-electron chi connectivity index (χ3n) is 6.83. The third kappa shape index (κ3) is 3.04. The number of carbonyl (C=O) groups excluding carboxylic acids is 3. The standard InChI is InChI=1S/C22H25FO3/c23-18-7-3-6-16-20(18)22(26)17(21(16)25)10-11-19(24)15-9-8-13-4-1-2-5-14(13)12-15/h3,6-7,13-15,17H,1-2,4-5,8-12H2. The molecule has 4 unspecified atom stereocenters. The van der Waals surface area contributed by atoms with Crippen molar-refractivity contribution in [3.05, 3.63) is 35.1 Å². The zero-order valence-electron chi connectivity index (χ0n) is 15.0. The Labute approximate surface area is 153 Å². The molecule has 0 amide bonds. The lowest BCUT2D eigenvalue weighted by atomic mass is 9.66. The maximum absolute atomic E-state index is 13.9. The van der Waals surface area contributed by atoms with Crippen LogP contribution < -0.4 is 0 Å². The lowest BCUT2D eigenvalue weighted by Gasteiger charge is -2.38. The van der Waals surface area contributed by atoms with Crippen LogP contribution in [0.25, 0.3) is 0 Å². The van der Waals surface area contributed by atoms with Crippen LogP contribution in [0.5, 0.6) is 0 Å². The number of rotatable bonds is 4. The Bertz CT molecular complexity index is 754. The molecule has 0 bridgehead atoms. The van der Waals surface area contributed by atoms with Crippen LogP contribution in [0.1, 0.15) is 78.5 Å². The van der Waals surface area contributed by atoms with Crippen molar-refractivity contribution >= 4 is 17.3 Å². The molecular weight excluding hydrogens is 331 g/mol. The van der Waals surface area contributed by atoms with Gasteiger partial charge < -0.3 is 0 Å². The Hall–Kier alpha value is -1.84. The van der Waals surface area contributed by atoms with Gasteiger partial charge in [-0.15, -0.1) is 0 Å². The number of carbonyl (C=O) groups is 3. The van der Waals surface area contributed by atoms with Crippen molar-refractivity contribution in [3.63, 3.8) is 0 Å². The summed E-state index contributed by atoms with van der Waals surface area (Å²) in [6, 6.07) is 4.17. The minimum absolute atomic E-state index is 0.0834. The van der Waals surface area contributed by atoms with Crippen LogP contribution in [0.3, 0.4) is 0 Å². The number of fused-ring (bicyclic) bond motifs is 2. The second-order valence-corrected chi connectivity index (χ2v) is 8.26. The topological polar surface area (TPSA) is 51.2 Å². The summed E-state index contributed by atoms with van der Waals surface area (Å²) >= 11 is 0. The molecule has 3 aliphatic rings. The molecule has 26 heavy (non-hydrogen) atoms. The van der Waals surface area contributed by atoms with Gasteiger partial charge in [-0.2, -0.15) is 0 Å². The van der Waals surface area contributed by atoms with E-state index < -0.39 is 17.5 Å². The van der Waals surface area contributed by atoms with Crippen LogP contribution >= 0.6 is 0 Å². The van der Waals surface area contributed by atoms with Gasteiger partial charge in [-0.05, 0) is 43.6 Å². The normalized spacial score (nSPS) is 30.8. The van der Waals surface area contributed by atoms with E-state index in [2.05, 4.69) is 0 Å². The highest BCUT2D eigenvalue weighted by Gasteiger charge is 2.41. The minimum Gasteiger partial charge on any atom is -0.299 e. The maximum atomic E-state index is 13.9. The molecule has 1 aromatic carbocycles. The average Bonchev–Trinajstić information content (AvgIpc) is 2.91. The van der Waals surface area contributed by atoms with Crippen molar-refractivity contribution in [2.24, 2.45) is 23.7 Å². The first-order valence-electron chi connectivity index (χ1n) is 9.96. The molecule has 0 N–H and O–H groups in total. The number of ketones is 3. The molecule has 1 aromatic rings. The smallest absolute Gasteiger partial charge is 0.177 e. The molecule has 0 aliphatic heterocycles. The second kappa shape index (κ2) is 7.05. The zero-order valence-corrected chi connectivity index (χ0v) is 15.0. The summed E-state index contributed by atoms with van der Waals surface area (Å²) in [7, 11) is 0. The molecular formula is C22H25FO3. The highest BCUT2D eigenvalue weighted by atomic mass is 19.1. The SMILES string of the molecule is O=C(CCC1C(=O)c2cccc(F)c2C1=O)C1CCC2CCCCC2C1. The van der Waals surface area contributed by atoms with Crippen LogP contribution in [0.15, 0.2) is 18.2 Å². The number of hydrogen-bond acceptors (Lipinski definition) is 3. The van der Waals surface area contributed by atoms with E-state index in [1.54, 1.807) is 0 Å². The first-order valence-corrected chi connectivity index (χ1v) is 9.96. The van der Waals surface area contributed by atoms with Gasteiger partial charge in [0, 0.05) is 17.9 Å². The van der Waals surface area contributed by atoms with Gasteiger partial charge in [-0.3, -0.25) is 14.4 Å². The molecule has 4 rings (SSSR count). The summed E-state index contributed by atoms with van der Waals surface area (Å²) in [6.07, 6.45) is 8.67. The van der Waals surface area contributed by atoms with Gasteiger partial charge in [0.05, 0.1) is 11.5 Å². The first-order chi connectivity index (χ1) is 12.6. The van der Waals surface area contributed by atoms with Gasteiger partial charge in [0.2, 0.25) is 0 Å². The molecule has 0 heterocycles. The fourth-order valence-electron chi connectivity index (χ4n) is 5.38. The highest BCUT2D eigenvalue weighted by Crippen LogP contribution is 2.43. The van der Waals surface area contributed by atoms with E-state index in [4.69, 9.17) is 0 Å². The van der Waals surface area contributed by atoms with Crippen molar-refractivity contribution in [2.45, 2.75) is 57.8 Å². The van der Waals surface area contributed by atoms with Gasteiger partial charge in [0.15, 0.2) is 11.6 Å². The fraction of sp³-hybridized carbons (Fsp3) is 0.591. The molecule has 0 aromatic heterocycles. The minimum atomic E-state index is -0.878. The van der Waals surface area contributed by atoms with E-state index in [1.165, 1.54) is 43.9 Å². The largest absolute Gasteiger partial charge is 0.299 e. The monoisotopic (exact) mass is 356 g/mol. The average molecular weight is 356 g/mol. The van der Waals surface area contributed by atoms with Crippen LogP contribution in [0, 0.1) is 29.5 Å². The van der Waals surface area contributed by atoms with Gasteiger partial charge >= 0.3 is 0 Å². The molecule has 138 valence electrons. The Morgan fingerprint density at radius 2 is 1.77 bits per heavy atom. The van der Waals surface area contributed by atoms with Crippen molar-refractivity contribution in [1.82, 2.24) is 0 Å². The third-order valence-corrected chi connectivity index (χ3v) is 6.83. The van der Waals surface area contributed by atoms with E-state index in [9.17, 15) is 18.8 Å². The lowest BCUT2D eigenvalue weighted by Crippen LogP contribution is -2.31. The molecule has 0 radical (unpaired) electrons. The van der Waals surface area contributed by atoms with Crippen molar-refractivity contribution in [1.29, 1.82) is 0 Å². The van der Waals surface area contributed by atoms with E-state index in [0.29, 0.717) is 5.92 Å². The Kier molecular flexibility index (Phi) is 4.76. The Morgan fingerprint density at radius 3 is 2.54 bits per heavy atom. The molecule has 0 spiro atoms. The summed E-state index contributed by atoms with van der Waals surface area (Å²) in [5, 5.41) is 0. The number of hydrogen-bond donors (Lipinski definition) is 0. The van der Waals surface area contributed by atoms with Crippen LogP contribution in [-0.4, -0.2) is 17.3 Å². The van der Waals surface area contributed by atoms with Crippen molar-refractivity contribution in [2.75, 3.05) is 0 Å². The van der Waals surface area contributed by atoms with Gasteiger partial charge in [-0.25, -0.2) is 4.39 Å². The first kappa shape index (κ1) is 17.6. The molecule has 4 atom stereocenters. The fourth-order valence-corrected chi connectivity index (χ4v) is 5.38. The molecule has 2 fully saturated rings. The summed E-state index contributed by atoms with van der Waals surface area (Å²) in [4.78, 5) is 37.6. The molecule has 4 heteroatoms. The van der Waals surface area contributed by atoms with Gasteiger partial charge in [0.1, 0.15) is 11.6 Å². The summed E-state index contributed by atoms with van der Waals surface area (Å²) in [6.45, 7) is 0. The lowest BCUT2D eigenvalue weighted by molar-refractivity contribution is -0.125. The maximum Gasteiger partial charge on any atom is 0.177 e. The molecule has 3 nitrogen and oxygen atoms in total. The number of halogens is 1. The van der Waals surface area contributed by atoms with E-state index in [-0.39, 0.29) is 41.5 Å². The summed E-state index contributed by atoms with van der Waals surface area (Å²) in [5.41, 5.74) is 0.0906. The number of benzene rings is 1.